The zero-order chi connectivity index (χ0) is 16.9. The van der Waals surface area contributed by atoms with Gasteiger partial charge in [-0.3, -0.25) is 14.5 Å². The van der Waals surface area contributed by atoms with Crippen LogP contribution in [0.2, 0.25) is 0 Å². The van der Waals surface area contributed by atoms with Gasteiger partial charge in [-0.2, -0.15) is 0 Å². The normalized spacial score (nSPS) is 17.8. The zero-order valence-corrected chi connectivity index (χ0v) is 17.6. The first kappa shape index (κ1) is 23.1. The lowest BCUT2D eigenvalue weighted by atomic mass is 9.96. The smallest absolute Gasteiger partial charge is 0.228 e. The third-order valence-corrected chi connectivity index (χ3v) is 5.74. The van der Waals surface area contributed by atoms with Crippen LogP contribution in [0.15, 0.2) is 5.38 Å². The number of carbonyl (C=O) groups excluding carboxylic acids is 2. The van der Waals surface area contributed by atoms with Crippen LogP contribution < -0.4 is 10.2 Å². The quantitative estimate of drug-likeness (QED) is 0.764. The van der Waals surface area contributed by atoms with Gasteiger partial charge in [0.05, 0.1) is 12.1 Å². The number of thiazole rings is 1. The molecule has 0 spiro atoms. The van der Waals surface area contributed by atoms with Gasteiger partial charge in [0.25, 0.3) is 0 Å². The maximum Gasteiger partial charge on any atom is 0.228 e. The second kappa shape index (κ2) is 11.1. The molecule has 3 rings (SSSR count). The average molecular weight is 423 g/mol. The number of amides is 2. The first-order chi connectivity index (χ1) is 11.7. The van der Waals surface area contributed by atoms with Crippen LogP contribution in [-0.2, 0) is 16.0 Å². The zero-order valence-electron chi connectivity index (χ0n) is 15.1. The maximum absolute atomic E-state index is 12.5. The Kier molecular flexibility index (Phi) is 9.85. The molecule has 1 aromatic heterocycles. The highest BCUT2D eigenvalue weighted by Crippen LogP contribution is 2.26. The molecule has 2 saturated heterocycles. The van der Waals surface area contributed by atoms with Crippen molar-refractivity contribution in [2.24, 2.45) is 5.92 Å². The summed E-state index contributed by atoms with van der Waals surface area (Å²) in [4.78, 5) is 32.4. The molecule has 3 heterocycles. The molecule has 0 aromatic carbocycles. The Hall–Kier alpha value is -0.890. The van der Waals surface area contributed by atoms with Crippen molar-refractivity contribution >= 4 is 53.1 Å². The van der Waals surface area contributed by atoms with Gasteiger partial charge in [-0.25, -0.2) is 4.98 Å². The van der Waals surface area contributed by atoms with Gasteiger partial charge in [0.2, 0.25) is 11.8 Å². The number of rotatable bonds is 6. The monoisotopic (exact) mass is 422 g/mol. The molecule has 0 bridgehead atoms. The fraction of sp³-hybridized carbons (Fsp3) is 0.706. The number of nitrogens with one attached hydrogen (secondary N) is 1. The van der Waals surface area contributed by atoms with E-state index in [1.165, 1.54) is 11.3 Å². The Labute approximate surface area is 171 Å². The molecule has 2 fully saturated rings. The molecule has 1 N–H and O–H groups in total. The largest absolute Gasteiger partial charge is 0.342 e. The van der Waals surface area contributed by atoms with E-state index < -0.39 is 0 Å². The molecular weight excluding hydrogens is 395 g/mol. The van der Waals surface area contributed by atoms with Crippen molar-refractivity contribution in [3.63, 3.8) is 0 Å². The van der Waals surface area contributed by atoms with E-state index in [1.54, 1.807) is 4.90 Å². The lowest BCUT2D eigenvalue weighted by Gasteiger charge is -2.32. The first-order valence-corrected chi connectivity index (χ1v) is 9.78. The van der Waals surface area contributed by atoms with Crippen LogP contribution in [0.4, 0.5) is 5.13 Å². The Balaban J connectivity index is 0.00000169. The lowest BCUT2D eigenvalue weighted by Crippen LogP contribution is -2.41. The van der Waals surface area contributed by atoms with E-state index in [9.17, 15) is 9.59 Å². The summed E-state index contributed by atoms with van der Waals surface area (Å²) in [5, 5.41) is 6.04. The molecule has 6 nitrogen and oxygen atoms in total. The molecule has 0 unspecified atom stereocenters. The molecule has 1 aromatic rings. The number of carbonyl (C=O) groups is 2. The van der Waals surface area contributed by atoms with Crippen molar-refractivity contribution in [1.82, 2.24) is 15.2 Å². The second-order valence-electron chi connectivity index (χ2n) is 6.58. The number of likely N-dealkylation sites (tertiary alicyclic amines) is 1. The molecule has 2 aliphatic rings. The van der Waals surface area contributed by atoms with Crippen molar-refractivity contribution in [2.45, 2.75) is 39.0 Å². The number of hydrogen-bond acceptors (Lipinski definition) is 5. The predicted octanol–water partition coefficient (Wildman–Crippen LogP) is 2.50. The summed E-state index contributed by atoms with van der Waals surface area (Å²) in [7, 11) is 0. The van der Waals surface area contributed by atoms with Crippen molar-refractivity contribution in [3.05, 3.63) is 11.1 Å². The molecule has 2 aliphatic heterocycles. The van der Waals surface area contributed by atoms with Crippen molar-refractivity contribution < 1.29 is 9.59 Å². The van der Waals surface area contributed by atoms with Gasteiger partial charge in [-0.05, 0) is 38.3 Å². The maximum atomic E-state index is 12.5. The molecule has 9 heteroatoms. The van der Waals surface area contributed by atoms with Crippen LogP contribution in [0.5, 0.6) is 0 Å². The summed E-state index contributed by atoms with van der Waals surface area (Å²) in [5.74, 6) is 0.979. The average Bonchev–Trinajstić information content (AvgIpc) is 3.22. The van der Waals surface area contributed by atoms with E-state index in [0.717, 1.165) is 62.8 Å². The van der Waals surface area contributed by atoms with Crippen LogP contribution in [0, 0.1) is 5.92 Å². The minimum absolute atomic E-state index is 0. The molecule has 0 aliphatic carbocycles. The van der Waals surface area contributed by atoms with Crippen LogP contribution in [0.1, 0.15) is 38.3 Å². The van der Waals surface area contributed by atoms with E-state index in [0.29, 0.717) is 18.8 Å². The van der Waals surface area contributed by atoms with Crippen molar-refractivity contribution in [1.29, 1.82) is 0 Å². The number of hydrogen-bond donors (Lipinski definition) is 1. The Morgan fingerprint density at radius 3 is 2.65 bits per heavy atom. The highest BCUT2D eigenvalue weighted by atomic mass is 35.5. The highest BCUT2D eigenvalue weighted by molar-refractivity contribution is 7.14. The molecule has 2 amide bonds. The standard InChI is InChI=1S/C17H26N4O2S.2ClH/c1-2-18-11-13-5-8-20(9-6-13)16(23)10-14-12-24-17(19-14)21-7-3-4-15(21)22;;/h12-13,18H,2-11H2,1H3;2*1H. The van der Waals surface area contributed by atoms with E-state index in [-0.39, 0.29) is 36.6 Å². The number of piperidine rings is 1. The van der Waals surface area contributed by atoms with Gasteiger partial charge in [0.15, 0.2) is 5.13 Å². The minimum atomic E-state index is 0. The Morgan fingerprint density at radius 1 is 1.31 bits per heavy atom. The number of aromatic nitrogens is 1. The lowest BCUT2D eigenvalue weighted by molar-refractivity contribution is -0.131. The molecule has 0 radical (unpaired) electrons. The van der Waals surface area contributed by atoms with Crippen molar-refractivity contribution in [3.8, 4) is 0 Å². The number of halogens is 2. The van der Waals surface area contributed by atoms with Crippen molar-refractivity contribution in [2.75, 3.05) is 37.6 Å². The SMILES string of the molecule is CCNCC1CCN(C(=O)Cc2csc(N3CCCC3=O)n2)CC1.Cl.Cl. The van der Waals surface area contributed by atoms with Crippen LogP contribution in [-0.4, -0.2) is 54.4 Å². The number of nitrogens with zero attached hydrogens (tertiary/aromatic N) is 3. The Morgan fingerprint density at radius 2 is 2.04 bits per heavy atom. The summed E-state index contributed by atoms with van der Waals surface area (Å²) in [6, 6.07) is 0. The van der Waals surface area contributed by atoms with Gasteiger partial charge in [-0.1, -0.05) is 6.92 Å². The van der Waals surface area contributed by atoms with Crippen LogP contribution in [0.25, 0.3) is 0 Å². The summed E-state index contributed by atoms with van der Waals surface area (Å²) in [6.07, 6.45) is 3.99. The van der Waals surface area contributed by atoms with Crippen LogP contribution in [0.3, 0.4) is 0 Å². The summed E-state index contributed by atoms with van der Waals surface area (Å²) >= 11 is 1.46. The second-order valence-corrected chi connectivity index (χ2v) is 7.42. The van der Waals surface area contributed by atoms with E-state index in [1.807, 2.05) is 10.3 Å². The molecule has 0 atom stereocenters. The number of anilines is 1. The van der Waals surface area contributed by atoms with Gasteiger partial charge >= 0.3 is 0 Å². The minimum Gasteiger partial charge on any atom is -0.342 e. The molecular formula is C17H28Cl2N4O2S. The fourth-order valence-corrected chi connectivity index (χ4v) is 4.22. The van der Waals surface area contributed by atoms with Gasteiger partial charge < -0.3 is 10.2 Å². The van der Waals surface area contributed by atoms with Gasteiger partial charge in [0.1, 0.15) is 0 Å². The van der Waals surface area contributed by atoms with Gasteiger partial charge in [0, 0.05) is 31.4 Å². The Bertz CT molecular complexity index is 591. The predicted molar refractivity (Wildman–Crippen MR) is 110 cm³/mol. The fourth-order valence-electron chi connectivity index (χ4n) is 3.35. The summed E-state index contributed by atoms with van der Waals surface area (Å²) in [5.41, 5.74) is 0.787. The van der Waals surface area contributed by atoms with Crippen LogP contribution >= 0.6 is 36.2 Å². The van der Waals surface area contributed by atoms with E-state index in [2.05, 4.69) is 17.2 Å². The van der Waals surface area contributed by atoms with E-state index >= 15 is 0 Å². The third-order valence-electron chi connectivity index (χ3n) is 4.83. The van der Waals surface area contributed by atoms with Gasteiger partial charge in [-0.15, -0.1) is 36.2 Å². The van der Waals surface area contributed by atoms with E-state index in [4.69, 9.17) is 0 Å². The highest BCUT2D eigenvalue weighted by Gasteiger charge is 2.26. The topological polar surface area (TPSA) is 65.5 Å². The first-order valence-electron chi connectivity index (χ1n) is 8.90. The molecule has 148 valence electrons. The summed E-state index contributed by atoms with van der Waals surface area (Å²) < 4.78 is 0. The summed E-state index contributed by atoms with van der Waals surface area (Å²) in [6.45, 7) is 6.62. The molecule has 26 heavy (non-hydrogen) atoms. The molecule has 0 saturated carbocycles. The third kappa shape index (κ3) is 5.81.